The van der Waals surface area contributed by atoms with E-state index in [0.29, 0.717) is 12.2 Å². The molecule has 0 aromatic heterocycles. The summed E-state index contributed by atoms with van der Waals surface area (Å²) in [6, 6.07) is 14.0. The largest absolute Gasteiger partial charge is 0.326 e. The van der Waals surface area contributed by atoms with E-state index in [1.165, 1.54) is 4.31 Å². The molecule has 4 nitrogen and oxygen atoms in total. The molecule has 0 amide bonds. The predicted octanol–water partition coefficient (Wildman–Crippen LogP) is 2.28. The van der Waals surface area contributed by atoms with Crippen LogP contribution >= 0.6 is 0 Å². The van der Waals surface area contributed by atoms with E-state index in [1.54, 1.807) is 43.4 Å². The van der Waals surface area contributed by atoms with Crippen molar-refractivity contribution < 1.29 is 8.42 Å². The number of aryl methyl sites for hydroxylation is 1. The van der Waals surface area contributed by atoms with E-state index in [0.717, 1.165) is 11.1 Å². The van der Waals surface area contributed by atoms with Crippen molar-refractivity contribution in [1.82, 2.24) is 0 Å². The molecule has 0 saturated carbocycles. The Hall–Kier alpha value is -1.85. The Balaban J connectivity index is 2.35. The third-order valence-electron chi connectivity index (χ3n) is 3.22. The molecule has 0 spiro atoms. The fourth-order valence-corrected chi connectivity index (χ4v) is 3.04. The molecule has 2 aromatic rings. The highest BCUT2D eigenvalue weighted by Gasteiger charge is 2.20. The zero-order valence-corrected chi connectivity index (χ0v) is 12.4. The van der Waals surface area contributed by atoms with E-state index >= 15 is 0 Å². The first-order valence-electron chi connectivity index (χ1n) is 6.30. The average Bonchev–Trinajstić information content (AvgIpc) is 2.47. The lowest BCUT2D eigenvalue weighted by molar-refractivity contribution is 0.594. The lowest BCUT2D eigenvalue weighted by Gasteiger charge is -2.19. The molecule has 0 heterocycles. The molecule has 0 fully saturated rings. The third kappa shape index (κ3) is 2.84. The smallest absolute Gasteiger partial charge is 0.264 e. The van der Waals surface area contributed by atoms with Gasteiger partial charge in [-0.05, 0) is 36.8 Å². The van der Waals surface area contributed by atoms with Crippen molar-refractivity contribution in [3.05, 3.63) is 59.7 Å². The molecule has 0 unspecified atom stereocenters. The van der Waals surface area contributed by atoms with Gasteiger partial charge in [0.25, 0.3) is 10.0 Å². The first-order valence-corrected chi connectivity index (χ1v) is 7.74. The molecular weight excluding hydrogens is 272 g/mol. The highest BCUT2D eigenvalue weighted by Crippen LogP contribution is 2.22. The second-order valence-electron chi connectivity index (χ2n) is 4.66. The maximum Gasteiger partial charge on any atom is 0.264 e. The average molecular weight is 290 g/mol. The molecule has 2 aromatic carbocycles. The van der Waals surface area contributed by atoms with Gasteiger partial charge in [0.15, 0.2) is 0 Å². The number of nitrogens with two attached hydrogens (primary N) is 1. The Kier molecular flexibility index (Phi) is 4.11. The first-order chi connectivity index (χ1) is 9.45. The zero-order chi connectivity index (χ0) is 14.8. The minimum Gasteiger partial charge on any atom is -0.326 e. The summed E-state index contributed by atoms with van der Waals surface area (Å²) in [6.07, 6.45) is 0. The number of hydrogen-bond acceptors (Lipinski definition) is 3. The topological polar surface area (TPSA) is 63.4 Å². The van der Waals surface area contributed by atoms with Crippen LogP contribution in [0.5, 0.6) is 0 Å². The van der Waals surface area contributed by atoms with Crippen molar-refractivity contribution in [3.8, 4) is 0 Å². The summed E-state index contributed by atoms with van der Waals surface area (Å²) in [6.45, 7) is 2.36. The zero-order valence-electron chi connectivity index (χ0n) is 11.6. The third-order valence-corrected chi connectivity index (χ3v) is 5.01. The molecule has 5 heteroatoms. The van der Waals surface area contributed by atoms with Crippen molar-refractivity contribution in [2.45, 2.75) is 18.4 Å². The molecule has 0 aliphatic rings. The van der Waals surface area contributed by atoms with Crippen LogP contribution in [0.4, 0.5) is 5.69 Å². The minimum atomic E-state index is -3.53. The normalized spacial score (nSPS) is 11.3. The maximum atomic E-state index is 12.5. The van der Waals surface area contributed by atoms with E-state index in [2.05, 4.69) is 0 Å². The lowest BCUT2D eigenvalue weighted by Crippen LogP contribution is -2.26. The summed E-state index contributed by atoms with van der Waals surface area (Å²) in [7, 11) is -1.98. The molecule has 20 heavy (non-hydrogen) atoms. The summed E-state index contributed by atoms with van der Waals surface area (Å²) in [4.78, 5) is 0.286. The van der Waals surface area contributed by atoms with Crippen molar-refractivity contribution in [1.29, 1.82) is 0 Å². The second kappa shape index (κ2) is 5.64. The number of sulfonamides is 1. The van der Waals surface area contributed by atoms with Crippen LogP contribution in [0.25, 0.3) is 0 Å². The van der Waals surface area contributed by atoms with Crippen LogP contribution in [-0.2, 0) is 16.6 Å². The fourth-order valence-electron chi connectivity index (χ4n) is 1.85. The van der Waals surface area contributed by atoms with Gasteiger partial charge >= 0.3 is 0 Å². The second-order valence-corrected chi connectivity index (χ2v) is 6.63. The van der Waals surface area contributed by atoms with Crippen LogP contribution in [0.1, 0.15) is 11.1 Å². The van der Waals surface area contributed by atoms with Gasteiger partial charge in [-0.15, -0.1) is 0 Å². The highest BCUT2D eigenvalue weighted by atomic mass is 32.2. The lowest BCUT2D eigenvalue weighted by atomic mass is 10.2. The van der Waals surface area contributed by atoms with E-state index in [9.17, 15) is 8.42 Å². The van der Waals surface area contributed by atoms with Gasteiger partial charge in [0.2, 0.25) is 0 Å². The van der Waals surface area contributed by atoms with E-state index < -0.39 is 10.0 Å². The highest BCUT2D eigenvalue weighted by molar-refractivity contribution is 7.92. The summed E-state index contributed by atoms with van der Waals surface area (Å²) in [5.41, 5.74) is 8.14. The Morgan fingerprint density at radius 2 is 1.55 bits per heavy atom. The fraction of sp³-hybridized carbons (Fsp3) is 0.200. The van der Waals surface area contributed by atoms with Crippen molar-refractivity contribution >= 4 is 15.7 Å². The Morgan fingerprint density at radius 1 is 1.00 bits per heavy atom. The van der Waals surface area contributed by atoms with Gasteiger partial charge < -0.3 is 5.73 Å². The molecular formula is C15H18N2O2S. The molecule has 0 bridgehead atoms. The van der Waals surface area contributed by atoms with Gasteiger partial charge in [0, 0.05) is 13.6 Å². The Labute approximate surface area is 119 Å². The summed E-state index contributed by atoms with van der Waals surface area (Å²) in [5, 5.41) is 0. The maximum absolute atomic E-state index is 12.5. The predicted molar refractivity (Wildman–Crippen MR) is 81.1 cm³/mol. The molecule has 0 aliphatic heterocycles. The monoisotopic (exact) mass is 290 g/mol. The van der Waals surface area contributed by atoms with Crippen LogP contribution in [-0.4, -0.2) is 15.5 Å². The number of anilines is 1. The molecule has 0 radical (unpaired) electrons. The minimum absolute atomic E-state index is 0.286. The van der Waals surface area contributed by atoms with Gasteiger partial charge in [0.1, 0.15) is 0 Å². The van der Waals surface area contributed by atoms with Gasteiger partial charge in [0.05, 0.1) is 10.6 Å². The van der Waals surface area contributed by atoms with Crippen LogP contribution in [0, 0.1) is 6.92 Å². The van der Waals surface area contributed by atoms with Crippen LogP contribution in [0.15, 0.2) is 53.4 Å². The van der Waals surface area contributed by atoms with Crippen LogP contribution in [0.3, 0.4) is 0 Å². The number of hydrogen-bond donors (Lipinski definition) is 1. The van der Waals surface area contributed by atoms with E-state index in [4.69, 9.17) is 5.73 Å². The molecule has 0 saturated heterocycles. The van der Waals surface area contributed by atoms with Crippen LogP contribution in [0.2, 0.25) is 0 Å². The summed E-state index contributed by atoms with van der Waals surface area (Å²) < 4.78 is 26.3. The van der Waals surface area contributed by atoms with Gasteiger partial charge in [-0.3, -0.25) is 4.31 Å². The van der Waals surface area contributed by atoms with Crippen LogP contribution < -0.4 is 10.0 Å². The Morgan fingerprint density at radius 3 is 2.05 bits per heavy atom. The quantitative estimate of drug-likeness (QED) is 0.939. The molecule has 0 atom stereocenters. The van der Waals surface area contributed by atoms with Crippen molar-refractivity contribution in [2.75, 3.05) is 11.4 Å². The number of benzene rings is 2. The van der Waals surface area contributed by atoms with Crippen molar-refractivity contribution in [3.63, 3.8) is 0 Å². The summed E-state index contributed by atoms with van der Waals surface area (Å²) >= 11 is 0. The van der Waals surface area contributed by atoms with Crippen molar-refractivity contribution in [2.24, 2.45) is 5.73 Å². The molecule has 2 rings (SSSR count). The number of nitrogens with zero attached hydrogens (tertiary/aromatic N) is 1. The standard InChI is InChI=1S/C15H18N2O2S/c1-12-3-9-15(10-4-12)20(18,19)17(2)14-7-5-13(11-16)6-8-14/h3-10H,11,16H2,1-2H3. The molecule has 0 aliphatic carbocycles. The molecule has 106 valence electrons. The van der Waals surface area contributed by atoms with Gasteiger partial charge in [-0.2, -0.15) is 0 Å². The first kappa shape index (κ1) is 14.6. The SMILES string of the molecule is Cc1ccc(S(=O)(=O)N(C)c2ccc(CN)cc2)cc1. The number of rotatable bonds is 4. The van der Waals surface area contributed by atoms with E-state index in [1.807, 2.05) is 19.1 Å². The summed E-state index contributed by atoms with van der Waals surface area (Å²) in [5.74, 6) is 0. The van der Waals surface area contributed by atoms with E-state index in [-0.39, 0.29) is 4.90 Å². The molecule has 2 N–H and O–H groups in total. The Bertz CT molecular complexity index is 677. The van der Waals surface area contributed by atoms with Gasteiger partial charge in [-0.25, -0.2) is 8.42 Å². The van der Waals surface area contributed by atoms with Gasteiger partial charge in [-0.1, -0.05) is 29.8 Å².